The van der Waals surface area contributed by atoms with E-state index in [0.717, 1.165) is 11.4 Å². The van der Waals surface area contributed by atoms with Crippen molar-refractivity contribution in [1.82, 2.24) is 9.97 Å². The van der Waals surface area contributed by atoms with E-state index in [9.17, 15) is 0 Å². The molecule has 104 valence electrons. The van der Waals surface area contributed by atoms with Gasteiger partial charge in [0, 0.05) is 33.5 Å². The van der Waals surface area contributed by atoms with Crippen LogP contribution in [0, 0.1) is 26.6 Å². The van der Waals surface area contributed by atoms with Crippen molar-refractivity contribution in [3.8, 4) is 11.4 Å². The zero-order valence-electron chi connectivity index (χ0n) is 10.6. The van der Waals surface area contributed by atoms with Gasteiger partial charge in [0.25, 0.3) is 0 Å². The van der Waals surface area contributed by atoms with Gasteiger partial charge in [-0.15, -0.1) is 0 Å². The zero-order valence-corrected chi connectivity index (χ0v) is 12.6. The Morgan fingerprint density at radius 2 is 0.857 bits per heavy atom. The van der Waals surface area contributed by atoms with Gasteiger partial charge in [-0.2, -0.15) is 0 Å². The van der Waals surface area contributed by atoms with Crippen molar-refractivity contribution in [2.45, 2.75) is 0 Å². The summed E-state index contributed by atoms with van der Waals surface area (Å²) in [6.45, 7) is 18.0. The van der Waals surface area contributed by atoms with Crippen LogP contribution in [-0.2, 0) is 39.7 Å². The van der Waals surface area contributed by atoms with Crippen molar-refractivity contribution < 1.29 is 39.7 Å². The fraction of sp³-hybridized carbons (Fsp3) is 0. The summed E-state index contributed by atoms with van der Waals surface area (Å²) < 4.78 is 30.0. The fourth-order valence-corrected chi connectivity index (χ4v) is 1.03. The second kappa shape index (κ2) is 26.5. The molecular weight excluding hydrogens is 356 g/mol. The van der Waals surface area contributed by atoms with Crippen molar-refractivity contribution >= 4 is 0 Å². The monoisotopic (exact) mass is 366 g/mol. The molecule has 0 aliphatic carbocycles. The minimum Gasteiger partial charge on any atom is -0.255 e. The van der Waals surface area contributed by atoms with Crippen molar-refractivity contribution in [3.63, 3.8) is 0 Å². The van der Waals surface area contributed by atoms with Gasteiger partial charge in [-0.3, -0.25) is 9.97 Å². The second-order valence-electron chi connectivity index (χ2n) is 2.43. The van der Waals surface area contributed by atoms with E-state index in [1.165, 1.54) is 0 Å². The molecule has 0 aliphatic heterocycles. The smallest absolute Gasteiger partial charge is 0.0886 e. The number of pyridine rings is 2. The van der Waals surface area contributed by atoms with Crippen LogP contribution in [0.2, 0.25) is 0 Å². The number of hydrogen-bond donors (Lipinski definition) is 0. The summed E-state index contributed by atoms with van der Waals surface area (Å²) in [6.07, 6.45) is 3.54. The van der Waals surface area contributed by atoms with E-state index in [1.807, 2.05) is 36.4 Å². The molecule has 0 radical (unpaired) electrons. The van der Waals surface area contributed by atoms with E-state index in [2.05, 4.69) is 36.6 Å². The molecule has 2 aromatic heterocycles. The molecule has 0 aromatic carbocycles. The van der Waals surface area contributed by atoms with Crippen LogP contribution in [0.5, 0.6) is 0 Å². The molecule has 0 saturated carbocycles. The summed E-state index contributed by atoms with van der Waals surface area (Å²) in [7, 11) is 0. The summed E-state index contributed by atoms with van der Waals surface area (Å²) in [4.78, 5) is 8.37. The van der Waals surface area contributed by atoms with Gasteiger partial charge in [0.15, 0.2) is 0 Å². The predicted octanol–water partition coefficient (Wildman–Crippen LogP) is 1.99. The van der Waals surface area contributed by atoms with Gasteiger partial charge in [-0.1, -0.05) is 12.1 Å². The van der Waals surface area contributed by atoms with Crippen LogP contribution in [0.25, 0.3) is 11.4 Å². The molecule has 2 heterocycles. The molecule has 0 N–H and O–H groups in total. The molecule has 0 aliphatic rings. The average molecular weight is 364 g/mol. The van der Waals surface area contributed by atoms with E-state index in [1.54, 1.807) is 12.4 Å². The molecule has 2 rings (SSSR count). The van der Waals surface area contributed by atoms with Crippen LogP contribution in [0.4, 0.5) is 0 Å². The van der Waals surface area contributed by atoms with E-state index < -0.39 is 0 Å². The van der Waals surface area contributed by atoms with Crippen molar-refractivity contribution in [2.24, 2.45) is 0 Å². The summed E-state index contributed by atoms with van der Waals surface area (Å²) in [5, 5.41) is 0. The number of nitrogens with zero attached hydrogens (tertiary/aromatic N) is 2. The molecule has 0 amide bonds. The maximum absolute atomic E-state index is 7.50. The third-order valence-corrected chi connectivity index (χ3v) is 1.59. The Hall–Kier alpha value is -2.05. The van der Waals surface area contributed by atoms with Gasteiger partial charge in [0.05, 0.1) is 11.4 Å². The van der Waals surface area contributed by atoms with E-state index in [0.29, 0.717) is 0 Å². The van der Waals surface area contributed by atoms with Gasteiger partial charge in [0.2, 0.25) is 0 Å². The first kappa shape index (κ1) is 27.3. The van der Waals surface area contributed by atoms with E-state index >= 15 is 0 Å². The Balaban J connectivity index is -0.000000141. The van der Waals surface area contributed by atoms with E-state index in [-0.39, 0.29) is 21.1 Å². The third-order valence-electron chi connectivity index (χ3n) is 1.59. The van der Waals surface area contributed by atoms with Gasteiger partial charge < -0.3 is 0 Å². The molecule has 2 aromatic rings. The molecule has 0 fully saturated rings. The van der Waals surface area contributed by atoms with Crippen molar-refractivity contribution in [2.75, 3.05) is 0 Å². The van der Waals surface area contributed by atoms with Gasteiger partial charge in [-0.05, 0) is 24.3 Å². The van der Waals surface area contributed by atoms with Crippen LogP contribution >= 0.6 is 0 Å². The standard InChI is InChI=1S/C10H8N2.4CO.Mo/c1-3-7-11-9(5-1)10-6-2-4-8-12-10;4*1-2;/h1-8H;;;;;. The first-order valence-electron chi connectivity index (χ1n) is 4.61. The van der Waals surface area contributed by atoms with Gasteiger partial charge in [-0.25, -0.2) is 0 Å². The molecular formula is C14H8MoN2O4. The maximum Gasteiger partial charge on any atom is 0.0886 e. The molecule has 0 atom stereocenters. The number of hydrogen-bond acceptors (Lipinski definition) is 2. The predicted molar refractivity (Wildman–Crippen MR) is 63.2 cm³/mol. The SMILES string of the molecule is [C-]#[O+].[C-]#[O+].[C-]#[O+].[C-]#[O+].[Mo].c1ccc(-c2ccccn2)nc1. The zero-order chi connectivity index (χ0) is 16.2. The molecule has 0 spiro atoms. The Labute approximate surface area is 136 Å². The number of aromatic nitrogens is 2. The van der Waals surface area contributed by atoms with Crippen molar-refractivity contribution in [1.29, 1.82) is 0 Å². The topological polar surface area (TPSA) is 105 Å². The largest absolute Gasteiger partial charge is 0.255 e. The minimum absolute atomic E-state index is 0. The van der Waals surface area contributed by atoms with Crippen LogP contribution in [0.1, 0.15) is 0 Å². The molecule has 21 heavy (non-hydrogen) atoms. The van der Waals surface area contributed by atoms with E-state index in [4.69, 9.17) is 18.6 Å². The van der Waals surface area contributed by atoms with Crippen molar-refractivity contribution in [3.05, 3.63) is 75.4 Å². The normalized spacial score (nSPS) is 5.90. The maximum atomic E-state index is 7.50. The first-order chi connectivity index (χ1) is 9.97. The van der Waals surface area contributed by atoms with Gasteiger partial charge in [0.1, 0.15) is 0 Å². The quantitative estimate of drug-likeness (QED) is 0.439. The summed E-state index contributed by atoms with van der Waals surface area (Å²) >= 11 is 0. The Bertz CT molecular complexity index is 448. The second-order valence-corrected chi connectivity index (χ2v) is 2.43. The van der Waals surface area contributed by atoms with Gasteiger partial charge >= 0.3 is 45.2 Å². The number of rotatable bonds is 1. The Morgan fingerprint density at radius 1 is 0.571 bits per heavy atom. The molecule has 0 bridgehead atoms. The fourth-order valence-electron chi connectivity index (χ4n) is 1.03. The van der Waals surface area contributed by atoms with Crippen LogP contribution in [0.3, 0.4) is 0 Å². The Kier molecular flexibility index (Phi) is 34.5. The first-order valence-corrected chi connectivity index (χ1v) is 4.61. The summed E-state index contributed by atoms with van der Waals surface area (Å²) in [5.41, 5.74) is 1.83. The Morgan fingerprint density at radius 3 is 1.05 bits per heavy atom. The summed E-state index contributed by atoms with van der Waals surface area (Å²) in [5.74, 6) is 0. The average Bonchev–Trinajstić information content (AvgIpc) is 2.63. The molecule has 7 heteroatoms. The molecule has 6 nitrogen and oxygen atoms in total. The van der Waals surface area contributed by atoms with Crippen LogP contribution in [0.15, 0.2) is 48.8 Å². The van der Waals surface area contributed by atoms with Crippen LogP contribution in [-0.4, -0.2) is 9.97 Å². The van der Waals surface area contributed by atoms with Crippen LogP contribution < -0.4 is 0 Å². The summed E-state index contributed by atoms with van der Waals surface area (Å²) in [6, 6.07) is 11.6. The molecule has 0 saturated heterocycles. The minimum atomic E-state index is 0. The third kappa shape index (κ3) is 14.2. The molecule has 0 unspecified atom stereocenters.